The minimum absolute atomic E-state index is 0.0527. The van der Waals surface area contributed by atoms with Gasteiger partial charge in [-0.15, -0.1) is 11.3 Å². The van der Waals surface area contributed by atoms with Crippen LogP contribution in [0.5, 0.6) is 0 Å². The van der Waals surface area contributed by atoms with Crippen molar-refractivity contribution in [2.75, 3.05) is 26.3 Å². The molecule has 2 atom stereocenters. The molecule has 0 unspecified atom stereocenters. The number of aliphatic hydroxyl groups is 1. The van der Waals surface area contributed by atoms with E-state index in [-0.39, 0.29) is 12.2 Å². The lowest BCUT2D eigenvalue weighted by atomic mass is 9.79. The van der Waals surface area contributed by atoms with E-state index in [9.17, 15) is 0 Å². The van der Waals surface area contributed by atoms with Crippen LogP contribution in [-0.2, 0) is 23.2 Å². The van der Waals surface area contributed by atoms with E-state index in [1.54, 1.807) is 4.88 Å². The topological polar surface area (TPSA) is 32.7 Å². The number of aryl methyl sites for hydroxylation is 1. The number of rotatable bonds is 3. The molecular formula is C16H25NO2S. The maximum atomic E-state index is 9.16. The van der Waals surface area contributed by atoms with Gasteiger partial charge in [-0.2, -0.15) is 0 Å². The first-order valence-corrected chi connectivity index (χ1v) is 8.61. The molecule has 0 saturated carbocycles. The van der Waals surface area contributed by atoms with E-state index in [0.29, 0.717) is 6.04 Å². The average molecular weight is 295 g/mol. The van der Waals surface area contributed by atoms with E-state index in [2.05, 4.69) is 24.8 Å². The second-order valence-corrected chi connectivity index (χ2v) is 7.28. The van der Waals surface area contributed by atoms with E-state index >= 15 is 0 Å². The van der Waals surface area contributed by atoms with Crippen molar-refractivity contribution < 1.29 is 9.84 Å². The molecule has 1 fully saturated rings. The summed E-state index contributed by atoms with van der Waals surface area (Å²) in [5.41, 5.74) is 1.42. The second kappa shape index (κ2) is 5.76. The average Bonchev–Trinajstić information content (AvgIpc) is 2.87. The molecule has 20 heavy (non-hydrogen) atoms. The summed E-state index contributed by atoms with van der Waals surface area (Å²) in [6.45, 7) is 7.43. The first-order chi connectivity index (χ1) is 9.68. The molecule has 2 aliphatic heterocycles. The molecule has 0 radical (unpaired) electrons. The van der Waals surface area contributed by atoms with E-state index in [1.807, 2.05) is 11.3 Å². The normalized spacial score (nSPS) is 30.6. The van der Waals surface area contributed by atoms with Crippen LogP contribution in [-0.4, -0.2) is 42.4 Å². The summed E-state index contributed by atoms with van der Waals surface area (Å²) in [4.78, 5) is 5.43. The first-order valence-electron chi connectivity index (χ1n) is 7.79. The number of thiophene rings is 1. The van der Waals surface area contributed by atoms with Gasteiger partial charge in [-0.3, -0.25) is 4.90 Å². The third kappa shape index (κ3) is 2.43. The van der Waals surface area contributed by atoms with Crippen LogP contribution in [0, 0.1) is 0 Å². The summed E-state index contributed by atoms with van der Waals surface area (Å²) in [7, 11) is 0. The van der Waals surface area contributed by atoms with Crippen molar-refractivity contribution in [1.29, 1.82) is 0 Å². The zero-order valence-corrected chi connectivity index (χ0v) is 13.3. The Balaban J connectivity index is 1.86. The molecule has 2 aliphatic rings. The van der Waals surface area contributed by atoms with Crippen LogP contribution in [0.3, 0.4) is 0 Å². The molecule has 3 rings (SSSR count). The molecule has 4 heteroatoms. The molecule has 3 heterocycles. The fourth-order valence-electron chi connectivity index (χ4n) is 3.74. The number of nitrogens with zero attached hydrogens (tertiary/aromatic N) is 1. The lowest BCUT2D eigenvalue weighted by Crippen LogP contribution is -2.51. The van der Waals surface area contributed by atoms with Gasteiger partial charge >= 0.3 is 0 Å². The zero-order chi connectivity index (χ0) is 14.2. The van der Waals surface area contributed by atoms with Gasteiger partial charge in [0.05, 0.1) is 18.8 Å². The van der Waals surface area contributed by atoms with Gasteiger partial charge in [0.2, 0.25) is 0 Å². The zero-order valence-electron chi connectivity index (χ0n) is 12.5. The second-order valence-electron chi connectivity index (χ2n) is 6.06. The predicted molar refractivity (Wildman–Crippen MR) is 82.4 cm³/mol. The van der Waals surface area contributed by atoms with Crippen LogP contribution in [0.4, 0.5) is 0 Å². The van der Waals surface area contributed by atoms with Crippen molar-refractivity contribution in [1.82, 2.24) is 4.90 Å². The first kappa shape index (κ1) is 14.5. The highest BCUT2D eigenvalue weighted by atomic mass is 32.1. The van der Waals surface area contributed by atoms with E-state index in [0.717, 1.165) is 45.4 Å². The Kier molecular flexibility index (Phi) is 4.18. The number of β-amino-alcohol motifs (C(OH)–C–C–N with tert-alkyl or cyclic N) is 1. The lowest BCUT2D eigenvalue weighted by molar-refractivity contribution is -0.112. The maximum absolute atomic E-state index is 9.16. The van der Waals surface area contributed by atoms with Gasteiger partial charge in [0, 0.05) is 35.3 Å². The minimum Gasteiger partial charge on any atom is -0.395 e. The van der Waals surface area contributed by atoms with Gasteiger partial charge in [0.25, 0.3) is 0 Å². The molecule has 0 amide bonds. The van der Waals surface area contributed by atoms with Crippen molar-refractivity contribution in [2.24, 2.45) is 0 Å². The van der Waals surface area contributed by atoms with E-state index < -0.39 is 0 Å². The van der Waals surface area contributed by atoms with Crippen LogP contribution < -0.4 is 0 Å². The molecule has 0 aliphatic carbocycles. The fraction of sp³-hybridized carbons (Fsp3) is 0.750. The molecular weight excluding hydrogens is 270 g/mol. The lowest BCUT2D eigenvalue weighted by Gasteiger charge is -2.47. The molecule has 112 valence electrons. The molecule has 0 bridgehead atoms. The Morgan fingerprint density at radius 3 is 3.10 bits per heavy atom. The quantitative estimate of drug-likeness (QED) is 0.930. The molecule has 1 spiro atoms. The summed E-state index contributed by atoms with van der Waals surface area (Å²) in [6.07, 6.45) is 4.32. The largest absolute Gasteiger partial charge is 0.395 e. The van der Waals surface area contributed by atoms with Crippen molar-refractivity contribution in [3.63, 3.8) is 0 Å². The Morgan fingerprint density at radius 1 is 1.55 bits per heavy atom. The van der Waals surface area contributed by atoms with Crippen LogP contribution in [0.25, 0.3) is 0 Å². The van der Waals surface area contributed by atoms with E-state index in [1.165, 1.54) is 10.4 Å². The molecule has 1 saturated heterocycles. The Bertz CT molecular complexity index is 473. The number of piperidine rings is 1. The highest BCUT2D eigenvalue weighted by molar-refractivity contribution is 7.12. The van der Waals surface area contributed by atoms with Crippen molar-refractivity contribution in [3.8, 4) is 0 Å². The van der Waals surface area contributed by atoms with Crippen LogP contribution in [0.1, 0.15) is 42.0 Å². The van der Waals surface area contributed by atoms with Crippen molar-refractivity contribution >= 4 is 11.3 Å². The summed E-state index contributed by atoms with van der Waals surface area (Å²) < 4.78 is 6.31. The van der Waals surface area contributed by atoms with Crippen LogP contribution >= 0.6 is 11.3 Å². The fourth-order valence-corrected chi connectivity index (χ4v) is 4.91. The van der Waals surface area contributed by atoms with Gasteiger partial charge in [0.15, 0.2) is 0 Å². The number of hydrogen-bond acceptors (Lipinski definition) is 4. The summed E-state index contributed by atoms with van der Waals surface area (Å²) >= 11 is 1.98. The third-order valence-electron chi connectivity index (χ3n) is 4.85. The Hall–Kier alpha value is -0.420. The maximum Gasteiger partial charge on any atom is 0.0969 e. The highest BCUT2D eigenvalue weighted by Gasteiger charge is 2.44. The van der Waals surface area contributed by atoms with E-state index in [4.69, 9.17) is 9.84 Å². The van der Waals surface area contributed by atoms with Crippen molar-refractivity contribution in [3.05, 3.63) is 21.4 Å². The van der Waals surface area contributed by atoms with Crippen LogP contribution in [0.2, 0.25) is 0 Å². The number of hydrogen-bond donors (Lipinski definition) is 1. The SMILES string of the molecule is CCc1cc2c(s1)CCO[C@@]21CCN(CCO)[C@@H](C)C1. The summed E-state index contributed by atoms with van der Waals surface area (Å²) in [6, 6.07) is 2.87. The monoisotopic (exact) mass is 295 g/mol. The molecule has 1 aromatic rings. The standard InChI is InChI=1S/C16H25NO2S/c1-3-13-10-14-15(20-13)4-9-19-16(14)5-6-17(7-8-18)12(2)11-16/h10,12,18H,3-9,11H2,1-2H3/t12-,16+/m0/s1. The molecule has 0 aromatic carbocycles. The highest BCUT2D eigenvalue weighted by Crippen LogP contribution is 2.46. The molecule has 1 aromatic heterocycles. The Labute approximate surface area is 125 Å². The van der Waals surface area contributed by atoms with Gasteiger partial charge in [-0.25, -0.2) is 0 Å². The molecule has 3 nitrogen and oxygen atoms in total. The van der Waals surface area contributed by atoms with Crippen molar-refractivity contribution in [2.45, 2.75) is 51.2 Å². The predicted octanol–water partition coefficient (Wildman–Crippen LogP) is 2.56. The number of ether oxygens (including phenoxy) is 1. The number of fused-ring (bicyclic) bond motifs is 2. The Morgan fingerprint density at radius 2 is 2.40 bits per heavy atom. The summed E-state index contributed by atoms with van der Waals surface area (Å²) in [5, 5.41) is 9.16. The van der Waals surface area contributed by atoms with Gasteiger partial charge in [-0.1, -0.05) is 6.92 Å². The third-order valence-corrected chi connectivity index (χ3v) is 6.18. The van der Waals surface area contributed by atoms with Gasteiger partial charge < -0.3 is 9.84 Å². The number of aliphatic hydroxyl groups excluding tert-OH is 1. The van der Waals surface area contributed by atoms with Gasteiger partial charge in [-0.05, 0) is 37.8 Å². The van der Waals surface area contributed by atoms with Crippen LogP contribution in [0.15, 0.2) is 6.07 Å². The van der Waals surface area contributed by atoms with Gasteiger partial charge in [0.1, 0.15) is 0 Å². The molecule has 1 N–H and O–H groups in total. The smallest absolute Gasteiger partial charge is 0.0969 e. The number of likely N-dealkylation sites (tertiary alicyclic amines) is 1. The summed E-state index contributed by atoms with van der Waals surface area (Å²) in [5.74, 6) is 0. The minimum atomic E-state index is -0.0527.